The zero-order valence-corrected chi connectivity index (χ0v) is 9.34. The predicted molar refractivity (Wildman–Crippen MR) is 54.6 cm³/mol. The molecule has 0 saturated heterocycles. The van der Waals surface area contributed by atoms with Crippen molar-refractivity contribution in [1.29, 1.82) is 0 Å². The Hall–Kier alpha value is 0.140. The molecule has 0 bridgehead atoms. The predicted octanol–water partition coefficient (Wildman–Crippen LogP) is 2.73. The van der Waals surface area contributed by atoms with E-state index in [1.807, 2.05) is 0 Å². The van der Waals surface area contributed by atoms with E-state index in [4.69, 9.17) is 9.47 Å². The van der Waals surface area contributed by atoms with Crippen LogP contribution in [-0.4, -0.2) is 25.8 Å². The van der Waals surface area contributed by atoms with Gasteiger partial charge in [-0.05, 0) is 12.8 Å². The van der Waals surface area contributed by atoms with Gasteiger partial charge in [0.2, 0.25) is 0 Å². The summed E-state index contributed by atoms with van der Waals surface area (Å²) in [7, 11) is 3.33. The van der Waals surface area contributed by atoms with E-state index in [9.17, 15) is 0 Å². The molecule has 0 saturated carbocycles. The lowest BCUT2D eigenvalue weighted by Gasteiger charge is -2.10. The van der Waals surface area contributed by atoms with Gasteiger partial charge in [-0.1, -0.05) is 28.1 Å². The van der Waals surface area contributed by atoms with Crippen LogP contribution in [0.1, 0.15) is 19.3 Å². The van der Waals surface area contributed by atoms with E-state index in [0.717, 1.165) is 24.6 Å². The lowest BCUT2D eigenvalue weighted by molar-refractivity contribution is -0.105. The van der Waals surface area contributed by atoms with Crippen molar-refractivity contribution in [2.45, 2.75) is 25.6 Å². The number of hydrogen-bond acceptors (Lipinski definition) is 2. The normalized spacial score (nSPS) is 11.7. The third-order valence-electron chi connectivity index (χ3n) is 1.54. The summed E-state index contributed by atoms with van der Waals surface area (Å²) < 4.78 is 10.1. The number of ether oxygens (including phenoxy) is 2. The van der Waals surface area contributed by atoms with Crippen LogP contribution >= 0.6 is 15.9 Å². The number of hydrogen-bond donors (Lipinski definition) is 0. The van der Waals surface area contributed by atoms with Crippen molar-refractivity contribution >= 4 is 15.9 Å². The van der Waals surface area contributed by atoms with Crippen LogP contribution < -0.4 is 0 Å². The summed E-state index contributed by atoms with van der Waals surface area (Å²) in [5.74, 6) is 0. The van der Waals surface area contributed by atoms with Crippen molar-refractivity contribution in [1.82, 2.24) is 0 Å². The van der Waals surface area contributed by atoms with E-state index in [1.54, 1.807) is 14.2 Å². The highest BCUT2D eigenvalue weighted by Crippen LogP contribution is 2.03. The van der Waals surface area contributed by atoms with Crippen molar-refractivity contribution in [3.05, 3.63) is 12.2 Å². The molecule has 0 atom stereocenters. The van der Waals surface area contributed by atoms with Crippen molar-refractivity contribution in [3.63, 3.8) is 0 Å². The minimum Gasteiger partial charge on any atom is -0.356 e. The molecule has 0 amide bonds. The minimum atomic E-state index is -0.0568. The molecule has 0 heterocycles. The van der Waals surface area contributed by atoms with Gasteiger partial charge in [0.25, 0.3) is 0 Å². The molecule has 0 aromatic heterocycles. The van der Waals surface area contributed by atoms with E-state index in [1.165, 1.54) is 0 Å². The lowest BCUT2D eigenvalue weighted by atomic mass is 10.2. The molecule has 0 aliphatic heterocycles. The topological polar surface area (TPSA) is 18.5 Å². The third-order valence-corrected chi connectivity index (χ3v) is 2.00. The van der Waals surface area contributed by atoms with Crippen molar-refractivity contribution < 1.29 is 9.47 Å². The molecule has 0 aromatic rings. The Balaban J connectivity index is 3.27. The molecular formula is C9H17BrO2. The quantitative estimate of drug-likeness (QED) is 0.385. The van der Waals surface area contributed by atoms with Crippen molar-refractivity contribution in [2.24, 2.45) is 0 Å². The van der Waals surface area contributed by atoms with Crippen LogP contribution in [0, 0.1) is 0 Å². The Kier molecular flexibility index (Phi) is 9.34. The van der Waals surface area contributed by atoms with Crippen LogP contribution in [0.15, 0.2) is 12.2 Å². The maximum Gasteiger partial charge on any atom is 0.157 e. The lowest BCUT2D eigenvalue weighted by Crippen LogP contribution is -2.11. The van der Waals surface area contributed by atoms with Gasteiger partial charge in [0.1, 0.15) is 0 Å². The summed E-state index contributed by atoms with van der Waals surface area (Å²) in [6, 6.07) is 0. The fraction of sp³-hybridized carbons (Fsp3) is 0.778. The molecule has 3 heteroatoms. The first-order chi connectivity index (χ1) is 5.85. The number of alkyl halides is 1. The van der Waals surface area contributed by atoms with Crippen molar-refractivity contribution in [3.8, 4) is 0 Å². The second kappa shape index (κ2) is 9.23. The molecule has 0 aliphatic rings. The minimum absolute atomic E-state index is 0.0568. The van der Waals surface area contributed by atoms with Gasteiger partial charge in [0.05, 0.1) is 0 Å². The van der Waals surface area contributed by atoms with Gasteiger partial charge in [0.15, 0.2) is 6.29 Å². The third kappa shape index (κ3) is 6.83. The molecule has 12 heavy (non-hydrogen) atoms. The van der Waals surface area contributed by atoms with Crippen LogP contribution in [0.2, 0.25) is 0 Å². The van der Waals surface area contributed by atoms with Crippen LogP contribution in [0.5, 0.6) is 0 Å². The van der Waals surface area contributed by atoms with Crippen LogP contribution in [0.3, 0.4) is 0 Å². The number of rotatable bonds is 7. The van der Waals surface area contributed by atoms with Gasteiger partial charge in [-0.25, -0.2) is 0 Å². The summed E-state index contributed by atoms with van der Waals surface area (Å²) in [6.45, 7) is 0. The molecular weight excluding hydrogens is 220 g/mol. The number of halogens is 1. The van der Waals surface area contributed by atoms with E-state index < -0.39 is 0 Å². The first-order valence-corrected chi connectivity index (χ1v) is 5.23. The zero-order valence-electron chi connectivity index (χ0n) is 7.75. The Labute approximate surface area is 83.1 Å². The SMILES string of the molecule is COC(CC/C=C\CCBr)OC. The summed E-state index contributed by atoms with van der Waals surface area (Å²) in [4.78, 5) is 0. The van der Waals surface area contributed by atoms with Gasteiger partial charge in [-0.15, -0.1) is 0 Å². The standard InChI is InChI=1S/C9H17BrO2/c1-11-9(12-2)7-5-3-4-6-8-10/h3-4,9H,5-8H2,1-2H3/b4-3-. The summed E-state index contributed by atoms with van der Waals surface area (Å²) in [6.07, 6.45) is 7.29. The fourth-order valence-electron chi connectivity index (χ4n) is 0.863. The molecule has 0 unspecified atom stereocenters. The monoisotopic (exact) mass is 236 g/mol. The summed E-state index contributed by atoms with van der Waals surface area (Å²) >= 11 is 3.36. The highest BCUT2D eigenvalue weighted by molar-refractivity contribution is 9.09. The smallest absolute Gasteiger partial charge is 0.157 e. The van der Waals surface area contributed by atoms with Gasteiger partial charge in [-0.3, -0.25) is 0 Å². The zero-order chi connectivity index (χ0) is 9.23. The first kappa shape index (κ1) is 12.1. The fourth-order valence-corrected chi connectivity index (χ4v) is 1.13. The maximum atomic E-state index is 5.04. The van der Waals surface area contributed by atoms with E-state index >= 15 is 0 Å². The van der Waals surface area contributed by atoms with E-state index in [0.29, 0.717) is 0 Å². The summed E-state index contributed by atoms with van der Waals surface area (Å²) in [5.41, 5.74) is 0. The molecule has 0 aromatic carbocycles. The van der Waals surface area contributed by atoms with Gasteiger partial charge < -0.3 is 9.47 Å². The average molecular weight is 237 g/mol. The Bertz CT molecular complexity index is 111. The Morgan fingerprint density at radius 1 is 1.17 bits per heavy atom. The van der Waals surface area contributed by atoms with Crippen LogP contribution in [0.25, 0.3) is 0 Å². The maximum absolute atomic E-state index is 5.04. The average Bonchev–Trinajstić information content (AvgIpc) is 2.11. The number of allylic oxidation sites excluding steroid dienone is 2. The molecule has 2 nitrogen and oxygen atoms in total. The molecule has 0 aliphatic carbocycles. The second-order valence-corrected chi connectivity index (χ2v) is 3.22. The molecule has 0 fully saturated rings. The highest BCUT2D eigenvalue weighted by Gasteiger charge is 2.01. The first-order valence-electron chi connectivity index (χ1n) is 4.11. The highest BCUT2D eigenvalue weighted by atomic mass is 79.9. The Morgan fingerprint density at radius 2 is 1.75 bits per heavy atom. The molecule has 72 valence electrons. The van der Waals surface area contributed by atoms with Gasteiger partial charge in [0, 0.05) is 26.0 Å². The molecule has 0 rings (SSSR count). The number of methoxy groups -OCH3 is 2. The molecule has 0 spiro atoms. The summed E-state index contributed by atoms with van der Waals surface area (Å²) in [5, 5.41) is 1.03. The van der Waals surface area contributed by atoms with Crippen LogP contribution in [0.4, 0.5) is 0 Å². The molecule has 0 N–H and O–H groups in total. The van der Waals surface area contributed by atoms with Gasteiger partial charge >= 0.3 is 0 Å². The van der Waals surface area contributed by atoms with Crippen LogP contribution in [-0.2, 0) is 9.47 Å². The largest absolute Gasteiger partial charge is 0.356 e. The van der Waals surface area contributed by atoms with E-state index in [2.05, 4.69) is 28.1 Å². The van der Waals surface area contributed by atoms with E-state index in [-0.39, 0.29) is 6.29 Å². The second-order valence-electron chi connectivity index (χ2n) is 2.43. The van der Waals surface area contributed by atoms with Gasteiger partial charge in [-0.2, -0.15) is 0 Å². The Morgan fingerprint density at radius 3 is 2.25 bits per heavy atom. The van der Waals surface area contributed by atoms with Crippen molar-refractivity contribution in [2.75, 3.05) is 19.5 Å². The molecule has 0 radical (unpaired) electrons.